The van der Waals surface area contributed by atoms with Gasteiger partial charge in [0.2, 0.25) is 0 Å². The maximum absolute atomic E-state index is 12.3. The van der Waals surface area contributed by atoms with Crippen molar-refractivity contribution in [2.24, 2.45) is 0 Å². The highest BCUT2D eigenvalue weighted by Crippen LogP contribution is 2.32. The van der Waals surface area contributed by atoms with Crippen molar-refractivity contribution < 1.29 is 29.3 Å². The molecule has 0 unspecified atom stereocenters. The Bertz CT molecular complexity index is 1250. The number of benzene rings is 4. The summed E-state index contributed by atoms with van der Waals surface area (Å²) in [7, 11) is 0. The number of aromatic hydroxyl groups is 2. The Kier molecular flexibility index (Phi) is 6.32. The fraction of sp³-hybridized carbons (Fsp3) is 0.0714. The van der Waals surface area contributed by atoms with E-state index >= 15 is 0 Å². The molecule has 0 aliphatic rings. The highest BCUT2D eigenvalue weighted by atomic mass is 16.5. The molecule has 6 nitrogen and oxygen atoms in total. The van der Waals surface area contributed by atoms with E-state index in [4.69, 9.17) is 9.47 Å². The molecule has 0 aliphatic carbocycles. The molecular formula is C28H22O6. The zero-order chi connectivity index (χ0) is 24.2. The average Bonchev–Trinajstić information content (AvgIpc) is 2.80. The average molecular weight is 454 g/mol. The Hall–Kier alpha value is -4.58. The van der Waals surface area contributed by atoms with Crippen molar-refractivity contribution in [3.05, 3.63) is 107 Å². The summed E-state index contributed by atoms with van der Waals surface area (Å²) < 4.78 is 10.9. The van der Waals surface area contributed by atoms with Gasteiger partial charge in [-0.1, -0.05) is 12.1 Å². The Balaban J connectivity index is 1.49. The molecule has 0 amide bonds. The van der Waals surface area contributed by atoms with Crippen LogP contribution < -0.4 is 9.47 Å². The molecule has 6 heteroatoms. The van der Waals surface area contributed by atoms with Gasteiger partial charge in [-0.2, -0.15) is 0 Å². The summed E-state index contributed by atoms with van der Waals surface area (Å²) in [6.45, 7) is 3.84. The number of hydrogen-bond donors (Lipinski definition) is 2. The molecule has 0 saturated carbocycles. The van der Waals surface area contributed by atoms with Crippen molar-refractivity contribution in [3.8, 4) is 34.1 Å². The first-order valence-corrected chi connectivity index (χ1v) is 10.5. The van der Waals surface area contributed by atoms with Crippen molar-refractivity contribution in [1.29, 1.82) is 0 Å². The minimum absolute atomic E-state index is 0.0771. The largest absolute Gasteiger partial charge is 0.508 e. The Morgan fingerprint density at radius 3 is 1.24 bits per heavy atom. The Morgan fingerprint density at radius 1 is 0.559 bits per heavy atom. The predicted molar refractivity (Wildman–Crippen MR) is 127 cm³/mol. The molecule has 0 saturated heterocycles. The topological polar surface area (TPSA) is 93.1 Å². The van der Waals surface area contributed by atoms with E-state index in [-0.39, 0.29) is 11.5 Å². The lowest BCUT2D eigenvalue weighted by Crippen LogP contribution is -2.08. The lowest BCUT2D eigenvalue weighted by Gasteiger charge is -2.13. The number of esters is 2. The standard InChI is InChI=1S/C28H22O6/c1-17-15-23(33-27(31)19-3-7-21(29)8-4-19)11-13-25(17)26-14-12-24(16-18(26)2)34-28(32)20-5-9-22(30)10-6-20/h3-16,29-30H,1-2H3. The van der Waals surface area contributed by atoms with Gasteiger partial charge in [0.1, 0.15) is 23.0 Å². The zero-order valence-electron chi connectivity index (χ0n) is 18.6. The Morgan fingerprint density at radius 2 is 0.912 bits per heavy atom. The summed E-state index contributed by atoms with van der Waals surface area (Å²) in [6.07, 6.45) is 0. The van der Waals surface area contributed by atoms with Gasteiger partial charge in [0.25, 0.3) is 0 Å². The molecule has 0 heterocycles. The molecule has 0 aliphatic heterocycles. The van der Waals surface area contributed by atoms with E-state index in [0.29, 0.717) is 22.6 Å². The van der Waals surface area contributed by atoms with E-state index in [2.05, 4.69) is 0 Å². The lowest BCUT2D eigenvalue weighted by molar-refractivity contribution is 0.0725. The molecule has 0 aromatic heterocycles. The van der Waals surface area contributed by atoms with Crippen molar-refractivity contribution in [2.45, 2.75) is 13.8 Å². The van der Waals surface area contributed by atoms with Gasteiger partial charge < -0.3 is 19.7 Å². The SMILES string of the molecule is Cc1cc(OC(=O)c2ccc(O)cc2)ccc1-c1ccc(OC(=O)c2ccc(O)cc2)cc1C. The van der Waals surface area contributed by atoms with Gasteiger partial charge in [-0.3, -0.25) is 0 Å². The van der Waals surface area contributed by atoms with Crippen LogP contribution in [0.25, 0.3) is 11.1 Å². The van der Waals surface area contributed by atoms with Crippen molar-refractivity contribution in [3.63, 3.8) is 0 Å². The van der Waals surface area contributed by atoms with Crippen LogP contribution in [0.4, 0.5) is 0 Å². The first kappa shape index (κ1) is 22.6. The van der Waals surface area contributed by atoms with Crippen LogP contribution in [-0.4, -0.2) is 22.2 Å². The molecule has 0 atom stereocenters. The summed E-state index contributed by atoms with van der Waals surface area (Å²) in [4.78, 5) is 24.7. The molecule has 4 rings (SSSR count). The number of phenols is 2. The third kappa shape index (κ3) is 5.07. The van der Waals surface area contributed by atoms with Crippen LogP contribution >= 0.6 is 0 Å². The van der Waals surface area contributed by atoms with Crippen LogP contribution in [-0.2, 0) is 0 Å². The summed E-state index contributed by atoms with van der Waals surface area (Å²) in [5.74, 6) is -0.0411. The summed E-state index contributed by atoms with van der Waals surface area (Å²) >= 11 is 0. The molecule has 0 bridgehead atoms. The van der Waals surface area contributed by atoms with E-state index in [9.17, 15) is 19.8 Å². The maximum Gasteiger partial charge on any atom is 0.343 e. The number of ether oxygens (including phenoxy) is 2. The van der Waals surface area contributed by atoms with Gasteiger partial charge >= 0.3 is 11.9 Å². The van der Waals surface area contributed by atoms with Crippen LogP contribution in [0.5, 0.6) is 23.0 Å². The maximum atomic E-state index is 12.3. The minimum atomic E-state index is -0.511. The molecule has 4 aromatic carbocycles. The molecule has 4 aromatic rings. The first-order chi connectivity index (χ1) is 16.3. The normalized spacial score (nSPS) is 10.5. The number of carbonyl (C=O) groups is 2. The van der Waals surface area contributed by atoms with Crippen LogP contribution in [0.3, 0.4) is 0 Å². The summed E-state index contributed by atoms with van der Waals surface area (Å²) in [5.41, 5.74) is 4.42. The van der Waals surface area contributed by atoms with Gasteiger partial charge in [0.15, 0.2) is 0 Å². The van der Waals surface area contributed by atoms with Crippen LogP contribution in [0.2, 0.25) is 0 Å². The fourth-order valence-electron chi connectivity index (χ4n) is 3.53. The smallest absolute Gasteiger partial charge is 0.343 e. The van der Waals surface area contributed by atoms with Crippen molar-refractivity contribution in [2.75, 3.05) is 0 Å². The number of aryl methyl sites for hydroxylation is 2. The van der Waals surface area contributed by atoms with Gasteiger partial charge in [-0.15, -0.1) is 0 Å². The number of phenolic OH excluding ortho intramolecular Hbond substituents is 2. The number of hydrogen-bond acceptors (Lipinski definition) is 6. The summed E-state index contributed by atoms with van der Waals surface area (Å²) in [6, 6.07) is 22.5. The number of rotatable bonds is 5. The second kappa shape index (κ2) is 9.50. The van der Waals surface area contributed by atoms with Crippen LogP contribution in [0.15, 0.2) is 84.9 Å². The third-order valence-corrected chi connectivity index (χ3v) is 5.31. The van der Waals surface area contributed by atoms with E-state index in [1.807, 2.05) is 26.0 Å². The van der Waals surface area contributed by atoms with Gasteiger partial charge in [0, 0.05) is 0 Å². The number of carbonyl (C=O) groups excluding carboxylic acids is 2. The molecular weight excluding hydrogens is 432 g/mol. The second-order valence-electron chi connectivity index (χ2n) is 7.83. The lowest BCUT2D eigenvalue weighted by atomic mass is 9.96. The zero-order valence-corrected chi connectivity index (χ0v) is 18.6. The van der Waals surface area contributed by atoms with Gasteiger partial charge in [-0.05, 0) is 109 Å². The van der Waals surface area contributed by atoms with E-state index in [1.165, 1.54) is 48.5 Å². The molecule has 0 radical (unpaired) electrons. The highest BCUT2D eigenvalue weighted by molar-refractivity contribution is 5.92. The first-order valence-electron chi connectivity index (χ1n) is 10.5. The molecule has 0 fully saturated rings. The third-order valence-electron chi connectivity index (χ3n) is 5.31. The minimum Gasteiger partial charge on any atom is -0.508 e. The van der Waals surface area contributed by atoms with Gasteiger partial charge in [0.05, 0.1) is 11.1 Å². The van der Waals surface area contributed by atoms with Gasteiger partial charge in [-0.25, -0.2) is 9.59 Å². The molecule has 2 N–H and O–H groups in total. The molecule has 34 heavy (non-hydrogen) atoms. The fourth-order valence-corrected chi connectivity index (χ4v) is 3.53. The van der Waals surface area contributed by atoms with Crippen molar-refractivity contribution in [1.82, 2.24) is 0 Å². The molecule has 0 spiro atoms. The second-order valence-corrected chi connectivity index (χ2v) is 7.83. The van der Waals surface area contributed by atoms with Crippen LogP contribution in [0, 0.1) is 13.8 Å². The van der Waals surface area contributed by atoms with Crippen molar-refractivity contribution >= 4 is 11.9 Å². The Labute approximate surface area is 196 Å². The van der Waals surface area contributed by atoms with E-state index in [1.54, 1.807) is 24.3 Å². The predicted octanol–water partition coefficient (Wildman–Crippen LogP) is 5.82. The van der Waals surface area contributed by atoms with E-state index < -0.39 is 11.9 Å². The van der Waals surface area contributed by atoms with Crippen LogP contribution in [0.1, 0.15) is 31.8 Å². The summed E-state index contributed by atoms with van der Waals surface area (Å²) in [5, 5.41) is 18.7. The molecule has 170 valence electrons. The highest BCUT2D eigenvalue weighted by Gasteiger charge is 2.13. The monoisotopic (exact) mass is 454 g/mol. The van der Waals surface area contributed by atoms with E-state index in [0.717, 1.165) is 22.3 Å². The quantitative estimate of drug-likeness (QED) is 0.292.